The van der Waals surface area contributed by atoms with Gasteiger partial charge < -0.3 is 43.0 Å². The van der Waals surface area contributed by atoms with E-state index in [0.717, 1.165) is 0 Å². The van der Waals surface area contributed by atoms with E-state index in [0.29, 0.717) is 0 Å². The van der Waals surface area contributed by atoms with Crippen molar-refractivity contribution in [2.45, 2.75) is 0 Å². The number of rotatable bonds is 0. The van der Waals surface area contributed by atoms with Crippen LogP contribution in [0.5, 0.6) is 0 Å². The molecule has 0 atom stereocenters. The average molecular weight is 675 g/mol. The first-order valence-corrected chi connectivity index (χ1v) is 4.00. The molecule has 0 radical (unpaired) electrons. The molecule has 0 unspecified atom stereocenters. The third-order valence-corrected chi connectivity index (χ3v) is 0. The number of hydrogen-bond donors (Lipinski definition) is 0. The van der Waals surface area contributed by atoms with E-state index in [-0.39, 0.29) is 171 Å². The molecule has 0 aromatic carbocycles. The van der Waals surface area contributed by atoms with Crippen LogP contribution in [0.1, 0.15) is 0 Å². The molecule has 0 N–H and O–H groups in total. The van der Waals surface area contributed by atoms with Crippen LogP contribution >= 0.6 is 0 Å². The molecule has 0 bridgehead atoms. The molecule has 0 rings (SSSR count). The zero-order valence-electron chi connectivity index (χ0n) is 6.96. The summed E-state index contributed by atoms with van der Waals surface area (Å²) < 4.78 is 68.2. The van der Waals surface area contributed by atoms with Crippen molar-refractivity contribution >= 4 is 167 Å². The van der Waals surface area contributed by atoms with E-state index in [9.17, 15) is 0 Å². The van der Waals surface area contributed by atoms with E-state index in [2.05, 4.69) is 0 Å². The normalized spacial score (nSPS) is 7.73. The van der Waals surface area contributed by atoms with Crippen LogP contribution in [0.25, 0.3) is 0 Å². The maximum atomic E-state index is 8.52. The zero-order chi connectivity index (χ0) is 9.00. The van der Waals surface area contributed by atoms with Crippen molar-refractivity contribution in [2.75, 3.05) is 0 Å². The summed E-state index contributed by atoms with van der Waals surface area (Å²) in [5, 5.41) is 0. The van der Waals surface area contributed by atoms with Gasteiger partial charge >= 0.3 is 147 Å². The molecule has 0 aliphatic rings. The standard InChI is InChI=1S/3Ba.2ClH.2H2O4S/c;;;;;2*1-5(2,3)4/h;;;2*1H;2*(H2,1,2,3,4)/q3*+2;;;;/p-6. The third kappa shape index (κ3) is 218. The van der Waals surface area contributed by atoms with Gasteiger partial charge in [-0.1, -0.05) is 0 Å². The van der Waals surface area contributed by atoms with E-state index in [1.54, 1.807) is 0 Å². The molecule has 0 fully saturated rings. The van der Waals surface area contributed by atoms with Gasteiger partial charge in [-0.05, 0) is 0 Å². The van der Waals surface area contributed by atoms with E-state index in [1.165, 1.54) is 0 Å². The van der Waals surface area contributed by atoms with Crippen molar-refractivity contribution in [1.82, 2.24) is 0 Å². The van der Waals surface area contributed by atoms with E-state index >= 15 is 0 Å². The Balaban J connectivity index is -0.0000000128. The number of halogens is 2. The molecule has 0 spiro atoms. The summed E-state index contributed by atoms with van der Waals surface area (Å²) in [5.74, 6) is 0. The minimum Gasteiger partial charge on any atom is -1.00 e. The monoisotopic (exact) mass is 676 g/mol. The maximum Gasteiger partial charge on any atom is 2.00 e. The molecule has 0 aliphatic heterocycles. The predicted molar refractivity (Wildman–Crippen MR) is 38.2 cm³/mol. The van der Waals surface area contributed by atoms with Crippen LogP contribution in [0.2, 0.25) is 0 Å². The van der Waals surface area contributed by atoms with Gasteiger partial charge in [0, 0.05) is 20.8 Å². The van der Waals surface area contributed by atoms with Gasteiger partial charge in [0.25, 0.3) is 0 Å². The molecule has 0 saturated heterocycles. The SMILES string of the molecule is O=S(=O)([O-])[O-].O=S(=O)([O-])[O-].[Ba+2].[Ba+2].[Ba+2].[Cl-].[Cl-]. The van der Waals surface area contributed by atoms with Crippen LogP contribution < -0.4 is 24.8 Å². The summed E-state index contributed by atoms with van der Waals surface area (Å²) in [7, 11) is -10.3. The minimum absolute atomic E-state index is 0. The van der Waals surface area contributed by atoms with Crippen molar-refractivity contribution in [2.24, 2.45) is 0 Å². The molecule has 0 aromatic heterocycles. The summed E-state index contributed by atoms with van der Waals surface area (Å²) in [6, 6.07) is 0. The molecular formula is Ba3Cl2O8S2. The van der Waals surface area contributed by atoms with E-state index in [1.807, 2.05) is 0 Å². The van der Waals surface area contributed by atoms with Gasteiger partial charge in [0.2, 0.25) is 0 Å². The second kappa shape index (κ2) is 21.3. The molecule has 15 heavy (non-hydrogen) atoms. The molecule has 0 amide bonds. The van der Waals surface area contributed by atoms with Crippen molar-refractivity contribution in [1.29, 1.82) is 0 Å². The van der Waals surface area contributed by atoms with Crippen LogP contribution in [0, 0.1) is 0 Å². The first kappa shape index (κ1) is 42.7. The van der Waals surface area contributed by atoms with Crippen molar-refractivity contribution < 1.29 is 59.9 Å². The van der Waals surface area contributed by atoms with Gasteiger partial charge in [-0.15, -0.1) is 0 Å². The van der Waals surface area contributed by atoms with Gasteiger partial charge in [0.1, 0.15) is 0 Å². The van der Waals surface area contributed by atoms with Crippen LogP contribution in [0.4, 0.5) is 0 Å². The molecule has 0 aliphatic carbocycles. The first-order valence-electron chi connectivity index (χ1n) is 1.33. The Kier molecular flexibility index (Phi) is 60.8. The fourth-order valence-corrected chi connectivity index (χ4v) is 0. The quantitative estimate of drug-likeness (QED) is 0.139. The Labute approximate surface area is 221 Å². The summed E-state index contributed by atoms with van der Waals surface area (Å²) in [6.45, 7) is 0. The second-order valence-corrected chi connectivity index (χ2v) is 2.45. The van der Waals surface area contributed by atoms with E-state index in [4.69, 9.17) is 35.0 Å². The van der Waals surface area contributed by atoms with Gasteiger partial charge in [0.05, 0.1) is 0 Å². The van der Waals surface area contributed by atoms with Crippen LogP contribution in [-0.2, 0) is 20.8 Å². The summed E-state index contributed by atoms with van der Waals surface area (Å²) >= 11 is 0. The smallest absolute Gasteiger partial charge is 1.00 e. The van der Waals surface area contributed by atoms with Crippen molar-refractivity contribution in [3.05, 3.63) is 0 Å². The number of hydrogen-bond acceptors (Lipinski definition) is 8. The Morgan fingerprint density at radius 2 is 0.533 bits per heavy atom. The van der Waals surface area contributed by atoms with Gasteiger partial charge in [-0.2, -0.15) is 0 Å². The van der Waals surface area contributed by atoms with Crippen LogP contribution in [0.15, 0.2) is 0 Å². The molecule has 0 heterocycles. The van der Waals surface area contributed by atoms with E-state index < -0.39 is 20.8 Å². The predicted octanol–water partition coefficient (Wildman–Crippen LogP) is -9.81. The van der Waals surface area contributed by atoms with Crippen LogP contribution in [-0.4, -0.2) is 182 Å². The summed E-state index contributed by atoms with van der Waals surface area (Å²) in [4.78, 5) is 0. The van der Waals surface area contributed by atoms with Crippen LogP contribution in [0.3, 0.4) is 0 Å². The molecule has 15 heteroatoms. The minimum atomic E-state index is -5.17. The van der Waals surface area contributed by atoms with Gasteiger partial charge in [-0.3, -0.25) is 16.8 Å². The summed E-state index contributed by atoms with van der Waals surface area (Å²) in [6.07, 6.45) is 0. The second-order valence-electron chi connectivity index (χ2n) is 0.816. The first-order chi connectivity index (χ1) is 4.00. The molecule has 8 nitrogen and oxygen atoms in total. The Bertz CT molecular complexity index is 222. The zero-order valence-corrected chi connectivity index (χ0v) is 23.4. The third-order valence-electron chi connectivity index (χ3n) is 0. The van der Waals surface area contributed by atoms with Crippen molar-refractivity contribution in [3.8, 4) is 0 Å². The van der Waals surface area contributed by atoms with Crippen molar-refractivity contribution in [3.63, 3.8) is 0 Å². The van der Waals surface area contributed by atoms with Gasteiger partial charge in [-0.25, -0.2) is 0 Å². The fraction of sp³-hybridized carbons (Fsp3) is 0. The Hall–Kier alpha value is 5.03. The summed E-state index contributed by atoms with van der Waals surface area (Å²) in [5.41, 5.74) is 0. The Morgan fingerprint density at radius 1 is 0.533 bits per heavy atom. The topological polar surface area (TPSA) is 161 Å². The Morgan fingerprint density at radius 3 is 0.533 bits per heavy atom. The maximum absolute atomic E-state index is 8.52. The molecule has 0 aromatic rings. The largest absolute Gasteiger partial charge is 2.00 e. The average Bonchev–Trinajstić information content (AvgIpc) is 1.12. The molecule has 0 saturated carbocycles. The molecule has 80 valence electrons. The molecular weight excluding hydrogens is 675 g/mol. The fourth-order valence-electron chi connectivity index (χ4n) is 0. The van der Waals surface area contributed by atoms with Gasteiger partial charge in [0.15, 0.2) is 0 Å².